The molecule has 3 heteroatoms. The first-order chi connectivity index (χ1) is 26.3. The Bertz CT molecular complexity index is 3170. The second kappa shape index (κ2) is 11.9. The molecule has 0 unspecified atom stereocenters. The van der Waals surface area contributed by atoms with Crippen LogP contribution in [0.2, 0.25) is 0 Å². The van der Waals surface area contributed by atoms with E-state index in [0.717, 1.165) is 38.8 Å². The van der Waals surface area contributed by atoms with Crippen LogP contribution < -0.4 is 4.90 Å². The number of anilines is 3. The van der Waals surface area contributed by atoms with Gasteiger partial charge in [0.05, 0.1) is 11.4 Å². The predicted molar refractivity (Wildman–Crippen MR) is 227 cm³/mol. The van der Waals surface area contributed by atoms with Crippen molar-refractivity contribution in [3.8, 4) is 22.3 Å². The molecule has 2 aromatic heterocycles. The molecule has 0 aliphatic rings. The molecule has 0 atom stereocenters. The maximum absolute atomic E-state index is 6.35. The first-order valence-corrected chi connectivity index (χ1v) is 18.8. The highest BCUT2D eigenvalue weighted by Gasteiger charge is 2.21. The van der Waals surface area contributed by atoms with Crippen LogP contribution in [0.4, 0.5) is 17.1 Å². The Labute approximate surface area is 310 Å². The molecule has 0 aliphatic carbocycles. The summed E-state index contributed by atoms with van der Waals surface area (Å²) in [7, 11) is 0. The second-order valence-electron chi connectivity index (χ2n) is 13.7. The fourth-order valence-corrected chi connectivity index (χ4v) is 9.41. The summed E-state index contributed by atoms with van der Waals surface area (Å²) in [4.78, 5) is 2.44. The summed E-state index contributed by atoms with van der Waals surface area (Å²) in [6.07, 6.45) is 0. The second-order valence-corrected chi connectivity index (χ2v) is 14.7. The van der Waals surface area contributed by atoms with Gasteiger partial charge in [-0.15, -0.1) is 11.3 Å². The zero-order valence-corrected chi connectivity index (χ0v) is 29.5. The van der Waals surface area contributed by atoms with Crippen LogP contribution in [0.3, 0.4) is 0 Å². The van der Waals surface area contributed by atoms with E-state index in [-0.39, 0.29) is 0 Å². The monoisotopic (exact) mass is 693 g/mol. The minimum Gasteiger partial charge on any atom is -0.455 e. The summed E-state index contributed by atoms with van der Waals surface area (Å²) in [6.45, 7) is 0. The Kier molecular flexibility index (Phi) is 6.76. The summed E-state index contributed by atoms with van der Waals surface area (Å²) in [6, 6.07) is 67.9. The van der Waals surface area contributed by atoms with Crippen LogP contribution >= 0.6 is 11.3 Å². The first-order valence-electron chi connectivity index (χ1n) is 18.0. The van der Waals surface area contributed by atoms with Gasteiger partial charge in [0, 0.05) is 58.4 Å². The summed E-state index contributed by atoms with van der Waals surface area (Å²) in [5.74, 6) is 0. The Balaban J connectivity index is 1.05. The number of hydrogen-bond donors (Lipinski definition) is 0. The molecule has 11 aromatic rings. The van der Waals surface area contributed by atoms with Crippen molar-refractivity contribution in [2.24, 2.45) is 0 Å². The van der Waals surface area contributed by atoms with Gasteiger partial charge in [0.2, 0.25) is 0 Å². The molecule has 0 N–H and O–H groups in total. The molecule has 0 bridgehead atoms. The minimum atomic E-state index is 0.921. The molecule has 0 saturated heterocycles. The van der Waals surface area contributed by atoms with Crippen LogP contribution in [0, 0.1) is 0 Å². The van der Waals surface area contributed by atoms with Gasteiger partial charge in [-0.2, -0.15) is 0 Å². The lowest BCUT2D eigenvalue weighted by molar-refractivity contribution is 0.670. The quantitative estimate of drug-likeness (QED) is 0.178. The van der Waals surface area contributed by atoms with Gasteiger partial charge in [-0.3, -0.25) is 0 Å². The van der Waals surface area contributed by atoms with Crippen LogP contribution in [0.5, 0.6) is 0 Å². The summed E-state index contributed by atoms with van der Waals surface area (Å²) in [5.41, 5.74) is 10.0. The first kappa shape index (κ1) is 30.0. The van der Waals surface area contributed by atoms with Crippen LogP contribution in [0.25, 0.3) is 85.9 Å². The Morgan fingerprint density at radius 1 is 0.396 bits per heavy atom. The van der Waals surface area contributed by atoms with Crippen molar-refractivity contribution in [3.63, 3.8) is 0 Å². The molecule has 11 rings (SSSR count). The van der Waals surface area contributed by atoms with Gasteiger partial charge in [0.15, 0.2) is 0 Å². The molecule has 0 fully saturated rings. The molecule has 53 heavy (non-hydrogen) atoms. The highest BCUT2D eigenvalue weighted by atomic mass is 32.1. The highest BCUT2D eigenvalue weighted by Crippen LogP contribution is 2.48. The molecule has 9 aromatic carbocycles. The third-order valence-corrected chi connectivity index (χ3v) is 11.9. The number of fused-ring (bicyclic) bond motifs is 9. The van der Waals surface area contributed by atoms with E-state index in [1.807, 2.05) is 23.5 Å². The predicted octanol–water partition coefficient (Wildman–Crippen LogP) is 15.1. The van der Waals surface area contributed by atoms with Gasteiger partial charge < -0.3 is 9.32 Å². The Hall–Kier alpha value is -6.68. The van der Waals surface area contributed by atoms with Crippen molar-refractivity contribution in [2.75, 3.05) is 4.90 Å². The minimum absolute atomic E-state index is 0.921. The zero-order chi connectivity index (χ0) is 34.9. The highest BCUT2D eigenvalue weighted by molar-refractivity contribution is 7.26. The smallest absolute Gasteiger partial charge is 0.143 e. The van der Waals surface area contributed by atoms with E-state index in [1.54, 1.807) is 0 Å². The standard InChI is InChI=1S/C50H31NOS/c1-2-14-36(15-3-1)51(45-22-10-13-33-12-4-5-16-37(33)45)46-31-44-41-29-28-35(30-48(41)53-50(44)43-19-7-6-17-39(43)46)32-24-26-34(27-25-32)38-20-11-21-42-40-18-8-9-23-47(40)52-49(38)42/h1-31H. The van der Waals surface area contributed by atoms with Crippen molar-refractivity contribution in [2.45, 2.75) is 0 Å². The van der Waals surface area contributed by atoms with Gasteiger partial charge in [-0.05, 0) is 58.5 Å². The van der Waals surface area contributed by atoms with Gasteiger partial charge in [0.1, 0.15) is 11.2 Å². The molecule has 248 valence electrons. The topological polar surface area (TPSA) is 16.4 Å². The van der Waals surface area contributed by atoms with E-state index >= 15 is 0 Å². The number of hydrogen-bond acceptors (Lipinski definition) is 3. The molecular formula is C50H31NOS. The fraction of sp³-hybridized carbons (Fsp3) is 0. The van der Waals surface area contributed by atoms with Gasteiger partial charge in [-0.1, -0.05) is 152 Å². The molecule has 2 heterocycles. The summed E-state index contributed by atoms with van der Waals surface area (Å²) < 4.78 is 8.95. The molecule has 0 amide bonds. The van der Waals surface area contributed by atoms with E-state index < -0.39 is 0 Å². The maximum Gasteiger partial charge on any atom is 0.143 e. The molecule has 0 radical (unpaired) electrons. The normalized spacial score (nSPS) is 11.8. The number of nitrogens with zero attached hydrogens (tertiary/aromatic N) is 1. The largest absolute Gasteiger partial charge is 0.455 e. The number of para-hydroxylation sites is 3. The maximum atomic E-state index is 6.35. The third kappa shape index (κ3) is 4.78. The Morgan fingerprint density at radius 3 is 1.92 bits per heavy atom. The fourth-order valence-electron chi connectivity index (χ4n) is 8.15. The van der Waals surface area contributed by atoms with Gasteiger partial charge >= 0.3 is 0 Å². The lowest BCUT2D eigenvalue weighted by Crippen LogP contribution is -2.11. The average molecular weight is 694 g/mol. The van der Waals surface area contributed by atoms with Crippen molar-refractivity contribution >= 4 is 92.1 Å². The van der Waals surface area contributed by atoms with Crippen LogP contribution in [0.15, 0.2) is 192 Å². The molecule has 2 nitrogen and oxygen atoms in total. The number of furan rings is 1. The molecule has 0 spiro atoms. The number of benzene rings is 9. The van der Waals surface area contributed by atoms with Crippen molar-refractivity contribution in [1.82, 2.24) is 0 Å². The molecule has 0 saturated carbocycles. The van der Waals surface area contributed by atoms with E-state index in [0.29, 0.717) is 0 Å². The van der Waals surface area contributed by atoms with E-state index in [9.17, 15) is 0 Å². The average Bonchev–Trinajstić information content (AvgIpc) is 3.80. The van der Waals surface area contributed by atoms with Crippen LogP contribution in [-0.2, 0) is 0 Å². The molecular weight excluding hydrogens is 663 g/mol. The van der Waals surface area contributed by atoms with Crippen LogP contribution in [0.1, 0.15) is 0 Å². The SMILES string of the molecule is c1ccc(N(c2cccc3ccccc23)c2cc3c4ccc(-c5ccc(-c6cccc7c6oc6ccccc67)cc5)cc4sc3c3ccccc23)cc1. The van der Waals surface area contributed by atoms with Gasteiger partial charge in [-0.25, -0.2) is 0 Å². The van der Waals surface area contributed by atoms with E-state index in [1.165, 1.54) is 64.2 Å². The van der Waals surface area contributed by atoms with Gasteiger partial charge in [0.25, 0.3) is 0 Å². The molecule has 0 aliphatic heterocycles. The van der Waals surface area contributed by atoms with Crippen molar-refractivity contribution < 1.29 is 4.42 Å². The Morgan fingerprint density at radius 2 is 1.06 bits per heavy atom. The number of thiophene rings is 1. The lowest BCUT2D eigenvalue weighted by Gasteiger charge is -2.28. The third-order valence-electron chi connectivity index (χ3n) is 10.7. The number of rotatable bonds is 5. The van der Waals surface area contributed by atoms with Crippen LogP contribution in [-0.4, -0.2) is 0 Å². The summed E-state index contributed by atoms with van der Waals surface area (Å²) >= 11 is 1.89. The lowest BCUT2D eigenvalue weighted by atomic mass is 9.97. The van der Waals surface area contributed by atoms with E-state index in [4.69, 9.17) is 4.42 Å². The zero-order valence-electron chi connectivity index (χ0n) is 28.7. The van der Waals surface area contributed by atoms with Crippen molar-refractivity contribution in [3.05, 3.63) is 188 Å². The van der Waals surface area contributed by atoms with Crippen molar-refractivity contribution in [1.29, 1.82) is 0 Å². The summed E-state index contributed by atoms with van der Waals surface area (Å²) in [5, 5.41) is 9.82. The van der Waals surface area contributed by atoms with E-state index in [2.05, 4.69) is 181 Å².